The molecule has 22 heavy (non-hydrogen) atoms. The highest BCUT2D eigenvalue weighted by molar-refractivity contribution is 5.85. The number of carbonyl (C=O) groups excluding carboxylic acids is 2. The molecule has 7 heteroatoms. The zero-order valence-corrected chi connectivity index (χ0v) is 13.0. The van der Waals surface area contributed by atoms with Gasteiger partial charge < -0.3 is 9.64 Å². The van der Waals surface area contributed by atoms with Crippen LogP contribution in [-0.2, 0) is 22.6 Å². The maximum Gasteiger partial charge on any atom is 0.409 e. The van der Waals surface area contributed by atoms with Gasteiger partial charge in [-0.3, -0.25) is 4.79 Å². The molecule has 0 aliphatic carbocycles. The lowest BCUT2D eigenvalue weighted by atomic mass is 10.0. The van der Waals surface area contributed by atoms with Crippen LogP contribution in [0, 0.1) is 0 Å². The smallest absolute Gasteiger partial charge is 0.409 e. The summed E-state index contributed by atoms with van der Waals surface area (Å²) in [4.78, 5) is 27.4. The van der Waals surface area contributed by atoms with Crippen molar-refractivity contribution in [2.24, 2.45) is 5.11 Å². The van der Waals surface area contributed by atoms with Gasteiger partial charge in [0.05, 0.1) is 6.04 Å². The molecule has 1 rings (SSSR count). The van der Waals surface area contributed by atoms with E-state index in [0.29, 0.717) is 6.54 Å². The van der Waals surface area contributed by atoms with Crippen LogP contribution in [0.3, 0.4) is 0 Å². The Balaban J connectivity index is 2.54. The molecule has 7 nitrogen and oxygen atoms in total. The maximum absolute atomic E-state index is 11.8. The second-order valence-electron chi connectivity index (χ2n) is 4.91. The first-order chi connectivity index (χ1) is 10.5. The molecule has 1 atom stereocenters. The molecule has 0 saturated carbocycles. The van der Waals surface area contributed by atoms with Crippen molar-refractivity contribution < 1.29 is 14.3 Å². The Kier molecular flexibility index (Phi) is 6.92. The minimum atomic E-state index is -0.671. The molecular weight excluding hydrogens is 284 g/mol. The fourth-order valence-electron chi connectivity index (χ4n) is 1.63. The average Bonchev–Trinajstić information content (AvgIpc) is 2.53. The number of hydrogen-bond donors (Lipinski definition) is 0. The van der Waals surface area contributed by atoms with Gasteiger partial charge >= 0.3 is 6.09 Å². The zero-order valence-electron chi connectivity index (χ0n) is 13.0. The quantitative estimate of drug-likeness (QED) is 0.440. The largest absolute Gasteiger partial charge is 0.445 e. The first-order valence-electron chi connectivity index (χ1n) is 7.00. The van der Waals surface area contributed by atoms with Crippen LogP contribution in [0.25, 0.3) is 10.4 Å². The van der Waals surface area contributed by atoms with E-state index >= 15 is 0 Å². The van der Waals surface area contributed by atoms with E-state index in [4.69, 9.17) is 10.3 Å². The summed E-state index contributed by atoms with van der Waals surface area (Å²) in [6.45, 7) is 4.21. The normalized spacial score (nSPS) is 11.2. The van der Waals surface area contributed by atoms with Gasteiger partial charge in [-0.1, -0.05) is 29.4 Å². The van der Waals surface area contributed by atoms with Crippen LogP contribution in [-0.4, -0.2) is 36.4 Å². The molecular formula is C15H20N4O3. The number of azide groups is 1. The van der Waals surface area contributed by atoms with E-state index in [-0.39, 0.29) is 24.9 Å². The number of benzene rings is 1. The molecule has 0 heterocycles. The van der Waals surface area contributed by atoms with Crippen LogP contribution in [0.1, 0.15) is 25.0 Å². The van der Waals surface area contributed by atoms with E-state index in [1.54, 1.807) is 38.2 Å². The summed E-state index contributed by atoms with van der Waals surface area (Å²) in [6.07, 6.45) is -0.163. The number of ether oxygens (including phenoxy) is 1. The molecule has 0 aromatic heterocycles. The first-order valence-corrected chi connectivity index (χ1v) is 7.00. The first kappa shape index (κ1) is 17.5. The van der Waals surface area contributed by atoms with Gasteiger partial charge in [0, 0.05) is 24.9 Å². The van der Waals surface area contributed by atoms with Crippen LogP contribution >= 0.6 is 0 Å². The molecule has 0 bridgehead atoms. The monoisotopic (exact) mass is 304 g/mol. The number of carbonyl (C=O) groups is 2. The van der Waals surface area contributed by atoms with Gasteiger partial charge in [-0.25, -0.2) is 4.79 Å². The van der Waals surface area contributed by atoms with Crippen LogP contribution < -0.4 is 0 Å². The third kappa shape index (κ3) is 5.46. The Hall–Kier alpha value is -2.53. The lowest BCUT2D eigenvalue weighted by Gasteiger charge is -2.14. The number of Topliss-reactive ketones (excluding diaryl/α,β-unsaturated/α-hetero) is 1. The molecule has 0 N–H and O–H groups in total. The van der Waals surface area contributed by atoms with Crippen molar-refractivity contribution >= 4 is 11.9 Å². The predicted molar refractivity (Wildman–Crippen MR) is 82.3 cm³/mol. The second kappa shape index (κ2) is 8.69. The molecule has 0 aliphatic heterocycles. The fraction of sp³-hybridized carbons (Fsp3) is 0.467. The predicted octanol–water partition coefficient (Wildman–Crippen LogP) is 3.09. The topological polar surface area (TPSA) is 95.4 Å². The number of ketones is 1. The molecule has 0 fully saturated rings. The van der Waals surface area contributed by atoms with Gasteiger partial charge in [-0.15, -0.1) is 0 Å². The summed E-state index contributed by atoms with van der Waals surface area (Å²) in [6, 6.07) is 6.54. The van der Waals surface area contributed by atoms with E-state index in [9.17, 15) is 9.59 Å². The summed E-state index contributed by atoms with van der Waals surface area (Å²) in [5.74, 6) is -0.137. The van der Waals surface area contributed by atoms with Crippen molar-refractivity contribution in [3.8, 4) is 0 Å². The minimum absolute atomic E-state index is 0.137. The Morgan fingerprint density at radius 3 is 2.45 bits per heavy atom. The van der Waals surface area contributed by atoms with Gasteiger partial charge in [-0.2, -0.15) is 0 Å². The van der Waals surface area contributed by atoms with Gasteiger partial charge in [0.1, 0.15) is 12.4 Å². The van der Waals surface area contributed by atoms with E-state index in [2.05, 4.69) is 10.0 Å². The van der Waals surface area contributed by atoms with Crippen LogP contribution in [0.5, 0.6) is 0 Å². The third-order valence-electron chi connectivity index (χ3n) is 3.24. The minimum Gasteiger partial charge on any atom is -0.445 e. The Bertz CT molecular complexity index is 565. The molecule has 0 spiro atoms. The Labute approximate surface area is 129 Å². The SMILES string of the molecule is CCN(C)C(=O)OCc1ccc(CC(=O)[C@H](C)N=[N+]=[N-])cc1. The molecule has 118 valence electrons. The van der Waals surface area contributed by atoms with Gasteiger partial charge in [0.25, 0.3) is 0 Å². The van der Waals surface area contributed by atoms with Crippen molar-refractivity contribution in [2.75, 3.05) is 13.6 Å². The number of hydrogen-bond acceptors (Lipinski definition) is 4. The molecule has 1 aromatic rings. The molecule has 0 saturated heterocycles. The van der Waals surface area contributed by atoms with Crippen molar-refractivity contribution in [1.29, 1.82) is 0 Å². The van der Waals surface area contributed by atoms with Crippen molar-refractivity contribution in [3.63, 3.8) is 0 Å². The van der Waals surface area contributed by atoms with Gasteiger partial charge in [-0.05, 0) is 30.5 Å². The van der Waals surface area contributed by atoms with E-state index < -0.39 is 6.04 Å². The van der Waals surface area contributed by atoms with Crippen molar-refractivity contribution in [1.82, 2.24) is 4.90 Å². The highest BCUT2D eigenvalue weighted by Gasteiger charge is 2.12. The average molecular weight is 304 g/mol. The van der Waals surface area contributed by atoms with E-state index in [0.717, 1.165) is 11.1 Å². The fourth-order valence-corrected chi connectivity index (χ4v) is 1.63. The Morgan fingerprint density at radius 2 is 1.91 bits per heavy atom. The number of amides is 1. The zero-order chi connectivity index (χ0) is 16.5. The summed E-state index contributed by atoms with van der Waals surface area (Å²) < 4.78 is 5.14. The van der Waals surface area contributed by atoms with Gasteiger partial charge in [0.2, 0.25) is 0 Å². The van der Waals surface area contributed by atoms with E-state index in [1.165, 1.54) is 4.90 Å². The molecule has 0 radical (unpaired) electrons. The van der Waals surface area contributed by atoms with Crippen LogP contribution in [0.2, 0.25) is 0 Å². The summed E-state index contributed by atoms with van der Waals surface area (Å²) in [5.41, 5.74) is 9.98. The second-order valence-corrected chi connectivity index (χ2v) is 4.91. The van der Waals surface area contributed by atoms with Crippen molar-refractivity contribution in [3.05, 3.63) is 45.8 Å². The summed E-state index contributed by atoms with van der Waals surface area (Å²) in [7, 11) is 1.67. The summed E-state index contributed by atoms with van der Waals surface area (Å²) in [5, 5.41) is 3.38. The Morgan fingerprint density at radius 1 is 1.32 bits per heavy atom. The van der Waals surface area contributed by atoms with Crippen LogP contribution in [0.15, 0.2) is 29.4 Å². The summed E-state index contributed by atoms with van der Waals surface area (Å²) >= 11 is 0. The molecule has 0 aliphatic rings. The van der Waals surface area contributed by atoms with Crippen LogP contribution in [0.4, 0.5) is 4.79 Å². The number of rotatable bonds is 7. The standard InChI is InChI=1S/C15H20N4O3/c1-4-19(3)15(21)22-10-13-7-5-12(6-8-13)9-14(20)11(2)17-18-16/h5-8,11H,4,9-10H2,1-3H3/t11-/m0/s1. The highest BCUT2D eigenvalue weighted by atomic mass is 16.6. The van der Waals surface area contributed by atoms with E-state index in [1.807, 2.05) is 6.92 Å². The number of nitrogens with zero attached hydrogens (tertiary/aromatic N) is 4. The molecule has 0 unspecified atom stereocenters. The maximum atomic E-state index is 11.8. The lowest BCUT2D eigenvalue weighted by molar-refractivity contribution is -0.119. The lowest BCUT2D eigenvalue weighted by Crippen LogP contribution is -2.26. The molecule has 1 amide bonds. The highest BCUT2D eigenvalue weighted by Crippen LogP contribution is 2.09. The van der Waals surface area contributed by atoms with Gasteiger partial charge in [0.15, 0.2) is 0 Å². The van der Waals surface area contributed by atoms with Crippen molar-refractivity contribution in [2.45, 2.75) is 32.9 Å². The third-order valence-corrected chi connectivity index (χ3v) is 3.24. The molecule has 1 aromatic carbocycles.